The lowest BCUT2D eigenvalue weighted by Crippen LogP contribution is -2.47. The van der Waals surface area contributed by atoms with Crippen LogP contribution in [-0.4, -0.2) is 42.8 Å². The van der Waals surface area contributed by atoms with E-state index in [9.17, 15) is 9.59 Å². The number of likely N-dealkylation sites (tertiary alicyclic amines) is 1. The van der Waals surface area contributed by atoms with E-state index in [1.165, 1.54) is 22.1 Å². The highest BCUT2D eigenvalue weighted by atomic mass is 32.1. The van der Waals surface area contributed by atoms with Gasteiger partial charge in [-0.15, -0.1) is 11.3 Å². The Morgan fingerprint density at radius 3 is 2.62 bits per heavy atom. The summed E-state index contributed by atoms with van der Waals surface area (Å²) in [6.45, 7) is 6.41. The zero-order valence-corrected chi connectivity index (χ0v) is 16.5. The number of benzene rings is 1. The van der Waals surface area contributed by atoms with Crippen molar-refractivity contribution in [2.24, 2.45) is 5.92 Å². The Bertz CT molecular complexity index is 774. The second-order valence-electron chi connectivity index (χ2n) is 7.64. The average molecular weight is 375 g/mol. The van der Waals surface area contributed by atoms with E-state index in [0.29, 0.717) is 19.5 Å². The number of hydrogen-bond acceptors (Lipinski definition) is 5. The highest BCUT2D eigenvalue weighted by Gasteiger charge is 2.39. The van der Waals surface area contributed by atoms with Crippen LogP contribution in [0.2, 0.25) is 0 Å². The molecule has 1 aromatic heterocycles. The van der Waals surface area contributed by atoms with Gasteiger partial charge in [-0.3, -0.25) is 4.79 Å². The van der Waals surface area contributed by atoms with E-state index < -0.39 is 5.60 Å². The van der Waals surface area contributed by atoms with E-state index in [1.54, 1.807) is 16.2 Å². The lowest BCUT2D eigenvalue weighted by Gasteiger charge is -2.37. The summed E-state index contributed by atoms with van der Waals surface area (Å²) in [5.74, 6) is -0.603. The first-order valence-electron chi connectivity index (χ1n) is 8.83. The average Bonchev–Trinajstić information content (AvgIpc) is 3.03. The fraction of sp³-hybridized carbons (Fsp3) is 0.500. The van der Waals surface area contributed by atoms with Gasteiger partial charge < -0.3 is 14.4 Å². The number of amides is 1. The molecule has 3 rings (SSSR count). The number of carbonyl (C=O) groups excluding carboxylic acids is 2. The summed E-state index contributed by atoms with van der Waals surface area (Å²) in [7, 11) is 1.40. The molecule has 140 valence electrons. The van der Waals surface area contributed by atoms with Crippen LogP contribution in [0.5, 0.6) is 0 Å². The third-order valence-corrected chi connectivity index (χ3v) is 5.83. The largest absolute Gasteiger partial charge is 0.469 e. The van der Waals surface area contributed by atoms with Crippen molar-refractivity contribution in [1.29, 1.82) is 0 Å². The number of ether oxygens (including phenoxy) is 2. The molecule has 5 nitrogen and oxygen atoms in total. The third kappa shape index (κ3) is 4.01. The second kappa shape index (κ2) is 7.27. The maximum Gasteiger partial charge on any atom is 0.410 e. The molecular formula is C20H25NO4S. The van der Waals surface area contributed by atoms with E-state index in [1.807, 2.05) is 32.9 Å². The fourth-order valence-electron chi connectivity index (χ4n) is 3.36. The van der Waals surface area contributed by atoms with E-state index in [4.69, 9.17) is 9.47 Å². The topological polar surface area (TPSA) is 55.8 Å². The van der Waals surface area contributed by atoms with Crippen LogP contribution in [0, 0.1) is 5.92 Å². The number of nitrogens with zero attached hydrogens (tertiary/aromatic N) is 1. The molecule has 2 heterocycles. The molecule has 0 aliphatic carbocycles. The molecule has 1 aliphatic heterocycles. The van der Waals surface area contributed by atoms with Gasteiger partial charge in [-0.25, -0.2) is 4.79 Å². The minimum Gasteiger partial charge on any atom is -0.469 e. The molecule has 1 amide bonds. The van der Waals surface area contributed by atoms with Gasteiger partial charge >= 0.3 is 12.1 Å². The quantitative estimate of drug-likeness (QED) is 0.730. The van der Waals surface area contributed by atoms with Gasteiger partial charge in [0.2, 0.25) is 0 Å². The summed E-state index contributed by atoms with van der Waals surface area (Å²) in [4.78, 5) is 27.6. The van der Waals surface area contributed by atoms with Crippen LogP contribution < -0.4 is 0 Å². The third-order valence-electron chi connectivity index (χ3n) is 4.58. The molecule has 1 saturated heterocycles. The van der Waals surface area contributed by atoms with Crippen LogP contribution >= 0.6 is 11.3 Å². The zero-order chi connectivity index (χ0) is 18.9. The van der Waals surface area contributed by atoms with Crippen LogP contribution in [0.3, 0.4) is 0 Å². The van der Waals surface area contributed by atoms with Crippen LogP contribution in [0.1, 0.15) is 38.0 Å². The number of hydrogen-bond donors (Lipinski definition) is 0. The van der Waals surface area contributed by atoms with Gasteiger partial charge in [-0.1, -0.05) is 18.2 Å². The van der Waals surface area contributed by atoms with Gasteiger partial charge in [0.1, 0.15) is 5.60 Å². The smallest absolute Gasteiger partial charge is 0.410 e. The van der Waals surface area contributed by atoms with Crippen molar-refractivity contribution in [3.63, 3.8) is 0 Å². The van der Waals surface area contributed by atoms with E-state index in [2.05, 4.69) is 18.2 Å². The van der Waals surface area contributed by atoms with Crippen molar-refractivity contribution in [2.75, 3.05) is 20.2 Å². The Morgan fingerprint density at radius 1 is 1.23 bits per heavy atom. The Balaban J connectivity index is 1.83. The maximum atomic E-state index is 12.4. The lowest BCUT2D eigenvalue weighted by atomic mass is 9.84. The van der Waals surface area contributed by atoms with Gasteiger partial charge in [0, 0.05) is 28.6 Å². The van der Waals surface area contributed by atoms with Crippen molar-refractivity contribution in [1.82, 2.24) is 4.90 Å². The van der Waals surface area contributed by atoms with Crippen molar-refractivity contribution in [3.05, 3.63) is 35.2 Å². The van der Waals surface area contributed by atoms with Crippen LogP contribution in [0.4, 0.5) is 4.79 Å². The van der Waals surface area contributed by atoms with Gasteiger partial charge in [0.15, 0.2) is 0 Å². The molecule has 6 heteroatoms. The number of rotatable bonds is 2. The lowest BCUT2D eigenvalue weighted by molar-refractivity contribution is -0.147. The van der Waals surface area contributed by atoms with Crippen molar-refractivity contribution in [3.8, 4) is 0 Å². The summed E-state index contributed by atoms with van der Waals surface area (Å²) < 4.78 is 11.7. The molecule has 0 spiro atoms. The zero-order valence-electron chi connectivity index (χ0n) is 15.7. The Labute approximate surface area is 157 Å². The molecule has 0 radical (unpaired) electrons. The molecule has 2 atom stereocenters. The number of carbonyl (C=O) groups is 2. The molecule has 1 aromatic carbocycles. The highest BCUT2D eigenvalue weighted by Crippen LogP contribution is 2.40. The van der Waals surface area contributed by atoms with Crippen LogP contribution in [0.25, 0.3) is 10.1 Å². The summed E-state index contributed by atoms with van der Waals surface area (Å²) in [5, 5.41) is 1.19. The van der Waals surface area contributed by atoms with E-state index >= 15 is 0 Å². The first kappa shape index (κ1) is 18.7. The van der Waals surface area contributed by atoms with Crippen molar-refractivity contribution in [2.45, 2.75) is 38.7 Å². The van der Waals surface area contributed by atoms with Gasteiger partial charge in [0.05, 0.1) is 13.0 Å². The second-order valence-corrected chi connectivity index (χ2v) is 8.75. The molecule has 2 aromatic rings. The summed E-state index contributed by atoms with van der Waals surface area (Å²) in [5.41, 5.74) is -0.555. The minimum atomic E-state index is -0.555. The SMILES string of the molecule is COC(=O)[C@H]1CN(C(=O)OC(C)(C)C)CC[C@@H]1c1cc2ccccc2s1. The predicted molar refractivity (Wildman–Crippen MR) is 102 cm³/mol. The van der Waals surface area contributed by atoms with Crippen molar-refractivity contribution < 1.29 is 19.1 Å². The monoisotopic (exact) mass is 375 g/mol. The van der Waals surface area contributed by atoms with E-state index in [0.717, 1.165) is 0 Å². The van der Waals surface area contributed by atoms with Crippen LogP contribution in [-0.2, 0) is 14.3 Å². The molecule has 26 heavy (non-hydrogen) atoms. The van der Waals surface area contributed by atoms with Crippen LogP contribution in [0.15, 0.2) is 30.3 Å². The molecule has 0 unspecified atom stereocenters. The molecule has 1 aliphatic rings. The normalized spacial score (nSPS) is 20.8. The molecular weight excluding hydrogens is 350 g/mol. The number of methoxy groups -OCH3 is 1. The molecule has 1 fully saturated rings. The number of fused-ring (bicyclic) bond motifs is 1. The molecule has 0 N–H and O–H groups in total. The van der Waals surface area contributed by atoms with E-state index in [-0.39, 0.29) is 23.9 Å². The van der Waals surface area contributed by atoms with Crippen molar-refractivity contribution >= 4 is 33.5 Å². The fourth-order valence-corrected chi connectivity index (χ4v) is 4.62. The Hall–Kier alpha value is -2.08. The first-order valence-corrected chi connectivity index (χ1v) is 9.64. The Kier molecular flexibility index (Phi) is 5.23. The summed E-state index contributed by atoms with van der Waals surface area (Å²) in [6.07, 6.45) is 0.340. The summed E-state index contributed by atoms with van der Waals surface area (Å²) >= 11 is 1.71. The molecule has 0 bridgehead atoms. The van der Waals surface area contributed by atoms with Gasteiger partial charge in [-0.05, 0) is 44.7 Å². The molecule has 0 saturated carbocycles. The van der Waals surface area contributed by atoms with Gasteiger partial charge in [0.25, 0.3) is 0 Å². The minimum absolute atomic E-state index is 0.0542. The predicted octanol–water partition coefficient (Wildman–Crippen LogP) is 4.41. The first-order chi connectivity index (χ1) is 12.3. The van der Waals surface area contributed by atoms with Gasteiger partial charge in [-0.2, -0.15) is 0 Å². The highest BCUT2D eigenvalue weighted by molar-refractivity contribution is 7.19. The number of esters is 1. The summed E-state index contributed by atoms with van der Waals surface area (Å²) in [6, 6.07) is 10.4. The Morgan fingerprint density at radius 2 is 1.96 bits per heavy atom. The standard InChI is InChI=1S/C20H25NO4S/c1-20(2,3)25-19(23)21-10-9-14(15(12-21)18(22)24-4)17-11-13-7-5-6-8-16(13)26-17/h5-8,11,14-15H,9-10,12H2,1-4H3/t14-,15-/m0/s1. The maximum absolute atomic E-state index is 12.4. The number of piperidine rings is 1. The number of thiophene rings is 1.